The number of carbonyl (C=O) groups excluding carboxylic acids is 1. The van der Waals surface area contributed by atoms with Crippen LogP contribution in [-0.4, -0.2) is 37.6 Å². The Morgan fingerprint density at radius 1 is 1.30 bits per heavy atom. The molecule has 1 amide bonds. The SMILES string of the molecule is CCCCOc1ccc(C[C@H](N)C(=O)N(C)C)cc1.Cl. The van der Waals surface area contributed by atoms with Gasteiger partial charge in [-0.2, -0.15) is 0 Å². The number of amides is 1. The molecular weight excluding hydrogens is 276 g/mol. The fraction of sp³-hybridized carbons (Fsp3) is 0.533. The molecule has 4 nitrogen and oxygen atoms in total. The molecule has 1 atom stereocenters. The molecule has 0 heterocycles. The number of likely N-dealkylation sites (N-methyl/N-ethyl adjacent to an activating group) is 1. The van der Waals surface area contributed by atoms with Crippen molar-refractivity contribution in [3.05, 3.63) is 29.8 Å². The predicted molar refractivity (Wildman–Crippen MR) is 84.5 cm³/mol. The Kier molecular flexibility index (Phi) is 9.01. The number of benzene rings is 1. The van der Waals surface area contributed by atoms with Crippen molar-refractivity contribution in [2.24, 2.45) is 5.73 Å². The van der Waals surface area contributed by atoms with Crippen LogP contribution in [0.5, 0.6) is 5.75 Å². The van der Waals surface area contributed by atoms with Crippen molar-refractivity contribution in [2.45, 2.75) is 32.2 Å². The van der Waals surface area contributed by atoms with E-state index in [1.165, 1.54) is 4.90 Å². The molecule has 0 spiro atoms. The maximum Gasteiger partial charge on any atom is 0.239 e. The van der Waals surface area contributed by atoms with Gasteiger partial charge < -0.3 is 15.4 Å². The lowest BCUT2D eigenvalue weighted by Gasteiger charge is -2.16. The van der Waals surface area contributed by atoms with Crippen LogP contribution in [0, 0.1) is 0 Å². The number of hydrogen-bond donors (Lipinski definition) is 1. The first kappa shape index (κ1) is 18.7. The van der Waals surface area contributed by atoms with Gasteiger partial charge in [0.1, 0.15) is 5.75 Å². The molecular formula is C15H25ClN2O2. The normalized spacial score (nSPS) is 11.4. The van der Waals surface area contributed by atoms with E-state index in [9.17, 15) is 4.79 Å². The summed E-state index contributed by atoms with van der Waals surface area (Å²) in [7, 11) is 3.43. The van der Waals surface area contributed by atoms with Gasteiger partial charge in [-0.1, -0.05) is 25.5 Å². The maximum absolute atomic E-state index is 11.7. The highest BCUT2D eigenvalue weighted by Gasteiger charge is 2.15. The quantitative estimate of drug-likeness (QED) is 0.786. The molecule has 1 rings (SSSR count). The summed E-state index contributed by atoms with van der Waals surface area (Å²) in [5.41, 5.74) is 6.91. The summed E-state index contributed by atoms with van der Waals surface area (Å²) in [5, 5.41) is 0. The molecule has 0 radical (unpaired) electrons. The Labute approximate surface area is 127 Å². The van der Waals surface area contributed by atoms with Crippen molar-refractivity contribution in [3.63, 3.8) is 0 Å². The Hall–Kier alpha value is -1.26. The predicted octanol–water partition coefficient (Wildman–Crippen LogP) is 2.25. The number of carbonyl (C=O) groups is 1. The molecule has 0 aliphatic rings. The molecule has 114 valence electrons. The van der Waals surface area contributed by atoms with Crippen molar-refractivity contribution < 1.29 is 9.53 Å². The lowest BCUT2D eigenvalue weighted by atomic mass is 10.1. The van der Waals surface area contributed by atoms with Gasteiger partial charge in [0.2, 0.25) is 5.91 Å². The summed E-state index contributed by atoms with van der Waals surface area (Å²) >= 11 is 0. The summed E-state index contributed by atoms with van der Waals surface area (Å²) in [5.74, 6) is 0.813. The van der Waals surface area contributed by atoms with Crippen LogP contribution in [0.15, 0.2) is 24.3 Å². The Morgan fingerprint density at radius 2 is 1.90 bits per heavy atom. The highest BCUT2D eigenvalue weighted by molar-refractivity contribution is 5.85. The topological polar surface area (TPSA) is 55.6 Å². The van der Waals surface area contributed by atoms with Crippen molar-refractivity contribution in [2.75, 3.05) is 20.7 Å². The monoisotopic (exact) mass is 300 g/mol. The summed E-state index contributed by atoms with van der Waals surface area (Å²) < 4.78 is 5.59. The van der Waals surface area contributed by atoms with E-state index in [2.05, 4.69) is 6.92 Å². The molecule has 0 aliphatic heterocycles. The van der Waals surface area contributed by atoms with Crippen LogP contribution in [0.3, 0.4) is 0 Å². The zero-order valence-electron chi connectivity index (χ0n) is 12.5. The zero-order chi connectivity index (χ0) is 14.3. The second-order valence-electron chi connectivity index (χ2n) is 4.89. The van der Waals surface area contributed by atoms with E-state index in [-0.39, 0.29) is 18.3 Å². The third kappa shape index (κ3) is 6.26. The van der Waals surface area contributed by atoms with E-state index >= 15 is 0 Å². The van der Waals surface area contributed by atoms with Crippen LogP contribution in [0.4, 0.5) is 0 Å². The third-order valence-electron chi connectivity index (χ3n) is 2.90. The molecule has 0 saturated heterocycles. The molecule has 2 N–H and O–H groups in total. The van der Waals surface area contributed by atoms with Crippen LogP contribution in [0.1, 0.15) is 25.3 Å². The van der Waals surface area contributed by atoms with E-state index in [0.717, 1.165) is 30.8 Å². The van der Waals surface area contributed by atoms with Gasteiger partial charge in [0.25, 0.3) is 0 Å². The minimum Gasteiger partial charge on any atom is -0.494 e. The van der Waals surface area contributed by atoms with Gasteiger partial charge in [0, 0.05) is 14.1 Å². The van der Waals surface area contributed by atoms with Crippen molar-refractivity contribution in [1.82, 2.24) is 4.90 Å². The van der Waals surface area contributed by atoms with Crippen LogP contribution >= 0.6 is 12.4 Å². The van der Waals surface area contributed by atoms with E-state index in [1.54, 1.807) is 14.1 Å². The Balaban J connectivity index is 0.00000361. The first-order valence-electron chi connectivity index (χ1n) is 6.73. The smallest absolute Gasteiger partial charge is 0.239 e. The summed E-state index contributed by atoms with van der Waals surface area (Å²) in [4.78, 5) is 13.2. The highest BCUT2D eigenvalue weighted by Crippen LogP contribution is 2.14. The molecule has 5 heteroatoms. The third-order valence-corrected chi connectivity index (χ3v) is 2.90. The average molecular weight is 301 g/mol. The maximum atomic E-state index is 11.7. The number of rotatable bonds is 7. The molecule has 0 unspecified atom stereocenters. The van der Waals surface area contributed by atoms with E-state index < -0.39 is 6.04 Å². The molecule has 1 aromatic rings. The second-order valence-corrected chi connectivity index (χ2v) is 4.89. The number of unbranched alkanes of at least 4 members (excludes halogenated alkanes) is 1. The number of hydrogen-bond acceptors (Lipinski definition) is 3. The fourth-order valence-electron chi connectivity index (χ4n) is 1.73. The largest absolute Gasteiger partial charge is 0.494 e. The number of nitrogens with zero attached hydrogens (tertiary/aromatic N) is 1. The fourth-order valence-corrected chi connectivity index (χ4v) is 1.73. The number of halogens is 1. The van der Waals surface area contributed by atoms with Gasteiger partial charge in [-0.05, 0) is 30.5 Å². The lowest BCUT2D eigenvalue weighted by molar-refractivity contribution is -0.130. The summed E-state index contributed by atoms with van der Waals surface area (Å²) in [6.07, 6.45) is 2.73. The molecule has 20 heavy (non-hydrogen) atoms. The van der Waals surface area contributed by atoms with E-state index in [1.807, 2.05) is 24.3 Å². The molecule has 0 bridgehead atoms. The Morgan fingerprint density at radius 3 is 2.40 bits per heavy atom. The van der Waals surface area contributed by atoms with Crippen molar-refractivity contribution in [3.8, 4) is 5.75 Å². The Bertz CT molecular complexity index is 393. The van der Waals surface area contributed by atoms with Gasteiger partial charge >= 0.3 is 0 Å². The van der Waals surface area contributed by atoms with Crippen LogP contribution in [0.25, 0.3) is 0 Å². The highest BCUT2D eigenvalue weighted by atomic mass is 35.5. The molecule has 1 aromatic carbocycles. The summed E-state index contributed by atoms with van der Waals surface area (Å²) in [6.45, 7) is 2.88. The van der Waals surface area contributed by atoms with Crippen molar-refractivity contribution >= 4 is 18.3 Å². The molecule has 0 aliphatic carbocycles. The molecule has 0 saturated carbocycles. The minimum atomic E-state index is -0.484. The first-order valence-corrected chi connectivity index (χ1v) is 6.73. The number of ether oxygens (including phenoxy) is 1. The van der Waals surface area contributed by atoms with Crippen LogP contribution in [0.2, 0.25) is 0 Å². The van der Waals surface area contributed by atoms with Crippen LogP contribution < -0.4 is 10.5 Å². The second kappa shape index (κ2) is 9.61. The molecule has 0 fully saturated rings. The van der Waals surface area contributed by atoms with E-state index in [4.69, 9.17) is 10.5 Å². The van der Waals surface area contributed by atoms with Crippen molar-refractivity contribution in [1.29, 1.82) is 0 Å². The molecule has 0 aromatic heterocycles. The van der Waals surface area contributed by atoms with Gasteiger partial charge in [-0.3, -0.25) is 4.79 Å². The summed E-state index contributed by atoms with van der Waals surface area (Å²) in [6, 6.07) is 7.30. The van der Waals surface area contributed by atoms with Crippen LogP contribution in [-0.2, 0) is 11.2 Å². The van der Waals surface area contributed by atoms with E-state index in [0.29, 0.717) is 6.42 Å². The number of nitrogens with two attached hydrogens (primary N) is 1. The average Bonchev–Trinajstić information content (AvgIpc) is 2.40. The lowest BCUT2D eigenvalue weighted by Crippen LogP contribution is -2.41. The zero-order valence-corrected chi connectivity index (χ0v) is 13.3. The standard InChI is InChI=1S/C15H24N2O2.ClH/c1-4-5-10-19-13-8-6-12(7-9-13)11-14(16)15(18)17(2)3;/h6-9,14H,4-5,10-11,16H2,1-3H3;1H/t14-;/m0./s1. The van der Waals surface area contributed by atoms with Gasteiger partial charge in [-0.25, -0.2) is 0 Å². The van der Waals surface area contributed by atoms with Gasteiger partial charge in [-0.15, -0.1) is 12.4 Å². The van der Waals surface area contributed by atoms with Gasteiger partial charge in [0.05, 0.1) is 12.6 Å². The van der Waals surface area contributed by atoms with Gasteiger partial charge in [0.15, 0.2) is 0 Å². The first-order chi connectivity index (χ1) is 9.04. The minimum absolute atomic E-state index is 0.